The molecule has 0 aromatic heterocycles. The third kappa shape index (κ3) is 3.64. The maximum atomic E-state index is 14.1. The molecule has 0 saturated carbocycles. The van der Waals surface area contributed by atoms with E-state index < -0.39 is 0 Å². The highest BCUT2D eigenvalue weighted by atomic mass is 79.9. The van der Waals surface area contributed by atoms with E-state index in [-0.39, 0.29) is 11.2 Å². The molecule has 0 aliphatic rings. The van der Waals surface area contributed by atoms with Crippen LogP contribution in [0.1, 0.15) is 11.1 Å². The Labute approximate surface area is 150 Å². The first-order valence-corrected chi connectivity index (χ1v) is 9.34. The first-order chi connectivity index (χ1) is 10.0. The van der Waals surface area contributed by atoms with Gasteiger partial charge in [-0.15, -0.1) is 0 Å². The predicted molar refractivity (Wildman–Crippen MR) is 95.8 cm³/mol. The summed E-state index contributed by atoms with van der Waals surface area (Å²) in [6.45, 7) is 0. The molecule has 21 heavy (non-hydrogen) atoms. The van der Waals surface area contributed by atoms with E-state index in [1.54, 1.807) is 12.1 Å². The van der Waals surface area contributed by atoms with Gasteiger partial charge in [0.05, 0.1) is 0 Å². The van der Waals surface area contributed by atoms with Gasteiger partial charge in [-0.2, -0.15) is 0 Å². The summed E-state index contributed by atoms with van der Waals surface area (Å²) in [5.41, 5.74) is 1.11. The van der Waals surface area contributed by atoms with Crippen LogP contribution in [0, 0.1) is 5.82 Å². The fourth-order valence-electron chi connectivity index (χ4n) is 2.30. The number of rotatable bonds is 5. The van der Waals surface area contributed by atoms with Gasteiger partial charge in [-0.05, 0) is 30.2 Å². The van der Waals surface area contributed by atoms with Crippen LogP contribution in [0.3, 0.4) is 0 Å². The highest BCUT2D eigenvalue weighted by Crippen LogP contribution is 2.38. The minimum atomic E-state index is -0.371. The second-order valence-corrected chi connectivity index (χ2v) is 6.84. The lowest BCUT2D eigenvalue weighted by molar-refractivity contribution is 0.523. The summed E-state index contributed by atoms with van der Waals surface area (Å²) in [5.74, 6) is -0.291. The van der Waals surface area contributed by atoms with E-state index in [0.29, 0.717) is 32.7 Å². The van der Waals surface area contributed by atoms with Gasteiger partial charge in [0.15, 0.2) is 0 Å². The molecule has 2 aromatic rings. The molecule has 0 N–H and O–H groups in total. The third-order valence-corrected chi connectivity index (χ3v) is 6.36. The molecule has 0 aliphatic heterocycles. The van der Waals surface area contributed by atoms with Gasteiger partial charge in [-0.1, -0.05) is 79.3 Å². The van der Waals surface area contributed by atoms with Crippen molar-refractivity contribution in [3.63, 3.8) is 0 Å². The van der Waals surface area contributed by atoms with Crippen LogP contribution in [0.4, 0.5) is 4.39 Å². The normalized spacial score (nSPS) is 11.7. The van der Waals surface area contributed by atoms with Crippen LogP contribution in [-0.4, -0.2) is 10.7 Å². The SMILES string of the molecule is Fc1cccc(Cl)c1CC(CBr)(CBr)c1ccccc1Cl. The van der Waals surface area contributed by atoms with Gasteiger partial charge in [-0.3, -0.25) is 0 Å². The Kier molecular flexibility index (Phi) is 6.13. The van der Waals surface area contributed by atoms with Crippen LogP contribution in [0.5, 0.6) is 0 Å². The molecule has 5 heteroatoms. The maximum absolute atomic E-state index is 14.1. The minimum absolute atomic E-state index is 0.291. The highest BCUT2D eigenvalue weighted by molar-refractivity contribution is 9.09. The molecule has 0 bridgehead atoms. The molecular formula is C16H13Br2Cl2F. The Balaban J connectivity index is 2.51. The van der Waals surface area contributed by atoms with E-state index in [1.807, 2.05) is 24.3 Å². The lowest BCUT2D eigenvalue weighted by atomic mass is 9.79. The van der Waals surface area contributed by atoms with Gasteiger partial charge in [0.25, 0.3) is 0 Å². The van der Waals surface area contributed by atoms with E-state index in [4.69, 9.17) is 23.2 Å². The van der Waals surface area contributed by atoms with Crippen LogP contribution < -0.4 is 0 Å². The molecule has 2 rings (SSSR count). The van der Waals surface area contributed by atoms with Crippen molar-refractivity contribution in [3.8, 4) is 0 Å². The van der Waals surface area contributed by atoms with Crippen LogP contribution >= 0.6 is 55.1 Å². The molecule has 0 nitrogen and oxygen atoms in total. The lowest BCUT2D eigenvalue weighted by Crippen LogP contribution is -2.33. The Morgan fingerprint density at radius 2 is 1.52 bits per heavy atom. The zero-order valence-corrected chi connectivity index (χ0v) is 15.7. The Morgan fingerprint density at radius 3 is 2.10 bits per heavy atom. The second-order valence-electron chi connectivity index (χ2n) is 4.90. The zero-order valence-electron chi connectivity index (χ0n) is 11.1. The monoisotopic (exact) mass is 452 g/mol. The Hall–Kier alpha value is -0.0900. The summed E-state index contributed by atoms with van der Waals surface area (Å²) in [6, 6.07) is 12.4. The molecule has 0 fully saturated rings. The first-order valence-electron chi connectivity index (χ1n) is 6.34. The largest absolute Gasteiger partial charge is 0.207 e. The summed E-state index contributed by atoms with van der Waals surface area (Å²) in [4.78, 5) is 0. The van der Waals surface area contributed by atoms with Crippen LogP contribution in [0.15, 0.2) is 42.5 Å². The molecule has 0 radical (unpaired) electrons. The van der Waals surface area contributed by atoms with Gasteiger partial charge in [0.2, 0.25) is 0 Å². The predicted octanol–water partition coefficient (Wildman–Crippen LogP) is 6.40. The second kappa shape index (κ2) is 7.45. The first kappa shape index (κ1) is 17.3. The standard InChI is InChI=1S/C16H13Br2Cl2F/c17-9-16(10-18,12-4-1-2-5-14(12)20)8-11-13(19)6-3-7-15(11)21/h1-7H,8-10H2. The average Bonchev–Trinajstić information content (AvgIpc) is 2.49. The fourth-order valence-corrected chi connectivity index (χ4v) is 4.80. The summed E-state index contributed by atoms with van der Waals surface area (Å²) in [6.07, 6.45) is 0.457. The molecule has 0 unspecified atom stereocenters. The Morgan fingerprint density at radius 1 is 0.905 bits per heavy atom. The van der Waals surface area contributed by atoms with Crippen LogP contribution in [0.25, 0.3) is 0 Å². The number of hydrogen-bond acceptors (Lipinski definition) is 0. The zero-order chi connectivity index (χ0) is 15.5. The molecule has 0 spiro atoms. The van der Waals surface area contributed by atoms with Gasteiger partial charge in [-0.25, -0.2) is 4.39 Å². The van der Waals surface area contributed by atoms with Gasteiger partial charge in [0.1, 0.15) is 5.82 Å². The summed E-state index contributed by atoms with van der Waals surface area (Å²) in [5, 5.41) is 2.39. The lowest BCUT2D eigenvalue weighted by Gasteiger charge is -2.32. The number of alkyl halides is 2. The highest BCUT2D eigenvalue weighted by Gasteiger charge is 2.33. The molecule has 0 amide bonds. The average molecular weight is 455 g/mol. The van der Waals surface area contributed by atoms with Crippen molar-refractivity contribution in [2.24, 2.45) is 0 Å². The van der Waals surface area contributed by atoms with Crippen molar-refractivity contribution < 1.29 is 4.39 Å². The minimum Gasteiger partial charge on any atom is -0.207 e. The van der Waals surface area contributed by atoms with E-state index in [2.05, 4.69) is 31.9 Å². The number of hydrogen-bond donors (Lipinski definition) is 0. The van der Waals surface area contributed by atoms with Crippen molar-refractivity contribution in [2.45, 2.75) is 11.8 Å². The van der Waals surface area contributed by atoms with Crippen LogP contribution in [-0.2, 0) is 11.8 Å². The molecule has 0 heterocycles. The van der Waals surface area contributed by atoms with Gasteiger partial charge >= 0.3 is 0 Å². The molecule has 2 aromatic carbocycles. The van der Waals surface area contributed by atoms with Crippen molar-refractivity contribution in [2.75, 3.05) is 10.7 Å². The number of benzene rings is 2. The van der Waals surface area contributed by atoms with Gasteiger partial charge in [0, 0.05) is 31.7 Å². The van der Waals surface area contributed by atoms with Gasteiger partial charge < -0.3 is 0 Å². The van der Waals surface area contributed by atoms with Crippen molar-refractivity contribution in [1.82, 2.24) is 0 Å². The summed E-state index contributed by atoms with van der Waals surface area (Å²) >= 11 is 19.6. The van der Waals surface area contributed by atoms with Crippen molar-refractivity contribution in [1.29, 1.82) is 0 Å². The van der Waals surface area contributed by atoms with Crippen molar-refractivity contribution in [3.05, 3.63) is 69.5 Å². The van der Waals surface area contributed by atoms with E-state index in [1.165, 1.54) is 6.07 Å². The molecule has 0 atom stereocenters. The smallest absolute Gasteiger partial charge is 0.127 e. The summed E-state index contributed by atoms with van der Waals surface area (Å²) < 4.78 is 14.1. The van der Waals surface area contributed by atoms with E-state index >= 15 is 0 Å². The van der Waals surface area contributed by atoms with E-state index in [9.17, 15) is 4.39 Å². The number of halogens is 5. The molecular weight excluding hydrogens is 442 g/mol. The Bertz CT molecular complexity index is 607. The van der Waals surface area contributed by atoms with Crippen molar-refractivity contribution >= 4 is 55.1 Å². The van der Waals surface area contributed by atoms with Crippen LogP contribution in [0.2, 0.25) is 10.0 Å². The third-order valence-electron chi connectivity index (χ3n) is 3.53. The van der Waals surface area contributed by atoms with E-state index in [0.717, 1.165) is 5.56 Å². The topological polar surface area (TPSA) is 0 Å². The molecule has 0 saturated heterocycles. The summed E-state index contributed by atoms with van der Waals surface area (Å²) in [7, 11) is 0. The fraction of sp³-hybridized carbons (Fsp3) is 0.250. The molecule has 0 aliphatic carbocycles. The molecule has 112 valence electrons. The quantitative estimate of drug-likeness (QED) is 0.458. The maximum Gasteiger partial charge on any atom is 0.127 e.